The number of benzene rings is 2. The first-order chi connectivity index (χ1) is 12.7. The van der Waals surface area contributed by atoms with E-state index in [4.69, 9.17) is 4.42 Å². The maximum absolute atomic E-state index is 5.40. The van der Waals surface area contributed by atoms with E-state index in [1.807, 2.05) is 36.4 Å². The highest BCUT2D eigenvalue weighted by atomic mass is 16.3. The highest BCUT2D eigenvalue weighted by molar-refractivity contribution is 5.90. The second-order valence-corrected chi connectivity index (χ2v) is 6.35. The Morgan fingerprint density at radius 1 is 0.923 bits per heavy atom. The zero-order chi connectivity index (χ0) is 17.9. The molecule has 5 heteroatoms. The fraction of sp³-hybridized carbons (Fsp3) is 0.143. The summed E-state index contributed by atoms with van der Waals surface area (Å²) in [5.41, 5.74) is 4.26. The van der Waals surface area contributed by atoms with Gasteiger partial charge in [0.2, 0.25) is 5.95 Å². The summed E-state index contributed by atoms with van der Waals surface area (Å²) in [5, 5.41) is 7.66. The number of hydrogen-bond donors (Lipinski definition) is 2. The van der Waals surface area contributed by atoms with Crippen LogP contribution in [0.25, 0.3) is 10.9 Å². The number of para-hydroxylation sites is 1. The standard InChI is InChI=1S/C21H20N4O/c1-14-10-15(2)12-16(11-14)23-21-24-19-8-4-3-7-18(19)20(25-21)22-13-17-6-5-9-26-17/h3-12H,13H2,1-2H3,(H2,22,23,24,25). The van der Waals surface area contributed by atoms with Crippen LogP contribution in [0.15, 0.2) is 65.3 Å². The Bertz CT molecular complexity index is 1020. The molecule has 4 rings (SSSR count). The zero-order valence-corrected chi connectivity index (χ0v) is 14.8. The molecule has 2 N–H and O–H groups in total. The summed E-state index contributed by atoms with van der Waals surface area (Å²) in [6, 6.07) is 18.1. The molecule has 0 unspecified atom stereocenters. The molecule has 0 aliphatic carbocycles. The van der Waals surface area contributed by atoms with E-state index in [2.05, 4.69) is 52.6 Å². The SMILES string of the molecule is Cc1cc(C)cc(Nc2nc(NCc3ccco3)c3ccccc3n2)c1. The van der Waals surface area contributed by atoms with E-state index >= 15 is 0 Å². The molecule has 0 saturated heterocycles. The molecule has 130 valence electrons. The molecule has 0 fully saturated rings. The van der Waals surface area contributed by atoms with Gasteiger partial charge in [0.15, 0.2) is 0 Å². The summed E-state index contributed by atoms with van der Waals surface area (Å²) in [6.45, 7) is 4.72. The van der Waals surface area contributed by atoms with E-state index in [-0.39, 0.29) is 0 Å². The average Bonchev–Trinajstić information content (AvgIpc) is 3.12. The number of fused-ring (bicyclic) bond motifs is 1. The zero-order valence-electron chi connectivity index (χ0n) is 14.8. The first kappa shape index (κ1) is 16.1. The maximum atomic E-state index is 5.40. The third kappa shape index (κ3) is 3.52. The minimum atomic E-state index is 0.565. The highest BCUT2D eigenvalue weighted by Gasteiger charge is 2.09. The normalized spacial score (nSPS) is 10.8. The number of furan rings is 1. The van der Waals surface area contributed by atoms with E-state index in [9.17, 15) is 0 Å². The van der Waals surface area contributed by atoms with Gasteiger partial charge in [0.25, 0.3) is 0 Å². The molecule has 5 nitrogen and oxygen atoms in total. The van der Waals surface area contributed by atoms with E-state index in [0.29, 0.717) is 12.5 Å². The molecule has 2 aromatic carbocycles. The molecule has 2 aromatic heterocycles. The van der Waals surface area contributed by atoms with E-state index in [1.54, 1.807) is 6.26 Å². The molecule has 2 heterocycles. The van der Waals surface area contributed by atoms with E-state index < -0.39 is 0 Å². The second kappa shape index (κ2) is 6.88. The molecule has 0 aliphatic rings. The molecule has 26 heavy (non-hydrogen) atoms. The molecule has 0 atom stereocenters. The maximum Gasteiger partial charge on any atom is 0.229 e. The lowest BCUT2D eigenvalue weighted by atomic mass is 10.1. The monoisotopic (exact) mass is 344 g/mol. The lowest BCUT2D eigenvalue weighted by molar-refractivity contribution is 0.518. The molecule has 4 aromatic rings. The number of nitrogens with one attached hydrogen (secondary N) is 2. The molecule has 0 aliphatic heterocycles. The summed E-state index contributed by atoms with van der Waals surface area (Å²) in [4.78, 5) is 9.33. The Morgan fingerprint density at radius 2 is 1.73 bits per heavy atom. The van der Waals surface area contributed by atoms with Gasteiger partial charge in [0, 0.05) is 11.1 Å². The lowest BCUT2D eigenvalue weighted by Crippen LogP contribution is -2.05. The van der Waals surface area contributed by atoms with Crippen molar-refractivity contribution in [2.75, 3.05) is 10.6 Å². The molecular weight excluding hydrogens is 324 g/mol. The third-order valence-corrected chi connectivity index (χ3v) is 4.09. The van der Waals surface area contributed by atoms with Gasteiger partial charge in [0.05, 0.1) is 18.3 Å². The number of anilines is 3. The Balaban J connectivity index is 1.68. The van der Waals surface area contributed by atoms with Gasteiger partial charge in [0.1, 0.15) is 11.6 Å². The summed E-state index contributed by atoms with van der Waals surface area (Å²) in [5.74, 6) is 2.20. The lowest BCUT2D eigenvalue weighted by Gasteiger charge is -2.12. The first-order valence-corrected chi connectivity index (χ1v) is 8.56. The van der Waals surface area contributed by atoms with Gasteiger partial charge in [-0.1, -0.05) is 18.2 Å². The van der Waals surface area contributed by atoms with Gasteiger partial charge in [-0.3, -0.25) is 0 Å². The predicted octanol–water partition coefficient (Wildman–Crippen LogP) is 5.20. The molecule has 0 radical (unpaired) electrons. The number of nitrogens with zero attached hydrogens (tertiary/aromatic N) is 2. The van der Waals surface area contributed by atoms with E-state index in [1.165, 1.54) is 11.1 Å². The van der Waals surface area contributed by atoms with Crippen molar-refractivity contribution >= 4 is 28.4 Å². The molecular formula is C21H20N4O. The highest BCUT2D eigenvalue weighted by Crippen LogP contribution is 2.25. The fourth-order valence-corrected chi connectivity index (χ4v) is 3.03. The number of hydrogen-bond acceptors (Lipinski definition) is 5. The number of rotatable bonds is 5. The van der Waals surface area contributed by atoms with Crippen LogP contribution in [0.3, 0.4) is 0 Å². The Morgan fingerprint density at radius 3 is 2.50 bits per heavy atom. The van der Waals surface area contributed by atoms with Gasteiger partial charge in [-0.15, -0.1) is 0 Å². The average molecular weight is 344 g/mol. The van der Waals surface area contributed by atoms with Crippen LogP contribution < -0.4 is 10.6 Å². The van der Waals surface area contributed by atoms with Crippen LogP contribution in [0.5, 0.6) is 0 Å². The van der Waals surface area contributed by atoms with Crippen molar-refractivity contribution in [1.82, 2.24) is 9.97 Å². The van der Waals surface area contributed by atoms with Crippen molar-refractivity contribution in [3.63, 3.8) is 0 Å². The van der Waals surface area contributed by atoms with Gasteiger partial charge in [-0.25, -0.2) is 4.98 Å². The fourth-order valence-electron chi connectivity index (χ4n) is 3.03. The molecule has 0 bridgehead atoms. The van der Waals surface area contributed by atoms with Crippen LogP contribution in [0.2, 0.25) is 0 Å². The minimum absolute atomic E-state index is 0.565. The predicted molar refractivity (Wildman–Crippen MR) is 105 cm³/mol. The van der Waals surface area contributed by atoms with Crippen LogP contribution in [0.1, 0.15) is 16.9 Å². The third-order valence-electron chi connectivity index (χ3n) is 4.09. The van der Waals surface area contributed by atoms with Crippen molar-refractivity contribution in [1.29, 1.82) is 0 Å². The largest absolute Gasteiger partial charge is 0.467 e. The minimum Gasteiger partial charge on any atom is -0.467 e. The van der Waals surface area contributed by atoms with Crippen molar-refractivity contribution in [3.05, 3.63) is 77.7 Å². The summed E-state index contributed by atoms with van der Waals surface area (Å²) in [6.07, 6.45) is 1.67. The van der Waals surface area contributed by atoms with Crippen LogP contribution in [-0.2, 0) is 6.54 Å². The topological polar surface area (TPSA) is 63.0 Å². The van der Waals surface area contributed by atoms with Gasteiger partial charge in [-0.05, 0) is 61.4 Å². The van der Waals surface area contributed by atoms with Crippen LogP contribution in [0, 0.1) is 13.8 Å². The van der Waals surface area contributed by atoms with Crippen LogP contribution >= 0.6 is 0 Å². The summed E-state index contributed by atoms with van der Waals surface area (Å²) < 4.78 is 5.40. The van der Waals surface area contributed by atoms with E-state index in [0.717, 1.165) is 28.2 Å². The summed E-state index contributed by atoms with van der Waals surface area (Å²) >= 11 is 0. The number of aryl methyl sites for hydroxylation is 2. The Hall–Kier alpha value is -3.34. The quantitative estimate of drug-likeness (QED) is 0.521. The molecule has 0 amide bonds. The Kier molecular flexibility index (Phi) is 4.27. The van der Waals surface area contributed by atoms with Gasteiger partial charge < -0.3 is 15.1 Å². The molecule has 0 saturated carbocycles. The van der Waals surface area contributed by atoms with Crippen molar-refractivity contribution in [3.8, 4) is 0 Å². The van der Waals surface area contributed by atoms with Crippen LogP contribution in [0.4, 0.5) is 17.5 Å². The van der Waals surface area contributed by atoms with Gasteiger partial charge in [-0.2, -0.15) is 4.98 Å². The second-order valence-electron chi connectivity index (χ2n) is 6.35. The summed E-state index contributed by atoms with van der Waals surface area (Å²) in [7, 11) is 0. The number of aromatic nitrogens is 2. The Labute approximate surface area is 152 Å². The van der Waals surface area contributed by atoms with Gasteiger partial charge >= 0.3 is 0 Å². The molecule has 0 spiro atoms. The van der Waals surface area contributed by atoms with Crippen molar-refractivity contribution in [2.45, 2.75) is 20.4 Å². The smallest absolute Gasteiger partial charge is 0.229 e. The van der Waals surface area contributed by atoms with Crippen molar-refractivity contribution in [2.24, 2.45) is 0 Å². The van der Waals surface area contributed by atoms with Crippen molar-refractivity contribution < 1.29 is 4.42 Å². The van der Waals surface area contributed by atoms with Crippen LogP contribution in [-0.4, -0.2) is 9.97 Å². The first-order valence-electron chi connectivity index (χ1n) is 8.56.